The van der Waals surface area contributed by atoms with Crippen LogP contribution in [0.25, 0.3) is 11.0 Å². The van der Waals surface area contributed by atoms with Gasteiger partial charge in [-0.1, -0.05) is 12.1 Å². The third-order valence-electron chi connectivity index (χ3n) is 3.30. The van der Waals surface area contributed by atoms with E-state index in [9.17, 15) is 14.4 Å². The van der Waals surface area contributed by atoms with Crippen LogP contribution in [0.1, 0.15) is 16.8 Å². The van der Waals surface area contributed by atoms with Gasteiger partial charge in [0.1, 0.15) is 5.56 Å². The molecule has 2 heterocycles. The van der Waals surface area contributed by atoms with E-state index in [-0.39, 0.29) is 24.2 Å². The highest BCUT2D eigenvalue weighted by atomic mass is 16.6. The van der Waals surface area contributed by atoms with Gasteiger partial charge in [0.05, 0.1) is 13.7 Å². The minimum absolute atomic E-state index is 0.195. The normalized spacial score (nSPS) is 17.3. The number of carbonyl (C=O) groups is 2. The standard InChI is InChI=1S/C15H12O7/c1-19-10-4-2-3-8-7-9(14(17)22-12(8)10)13(16)21-11-5-6-20-15(11)18/h2-4,7,11H,5-6H2,1H3. The Morgan fingerprint density at radius 2 is 2.14 bits per heavy atom. The number of methoxy groups -OCH3 is 1. The van der Waals surface area contributed by atoms with Crippen molar-refractivity contribution >= 4 is 22.9 Å². The molecule has 2 aromatic rings. The fraction of sp³-hybridized carbons (Fsp3) is 0.267. The van der Waals surface area contributed by atoms with Gasteiger partial charge in [0.15, 0.2) is 11.3 Å². The van der Waals surface area contributed by atoms with E-state index < -0.39 is 23.7 Å². The molecule has 0 radical (unpaired) electrons. The number of carbonyl (C=O) groups excluding carboxylic acids is 2. The molecule has 114 valence electrons. The van der Waals surface area contributed by atoms with E-state index in [1.807, 2.05) is 0 Å². The van der Waals surface area contributed by atoms with Crippen molar-refractivity contribution in [3.8, 4) is 5.75 Å². The number of hydrogen-bond donors (Lipinski definition) is 0. The molecule has 0 N–H and O–H groups in total. The van der Waals surface area contributed by atoms with Crippen molar-refractivity contribution in [3.05, 3.63) is 40.2 Å². The molecule has 7 nitrogen and oxygen atoms in total. The van der Waals surface area contributed by atoms with E-state index in [0.717, 1.165) is 0 Å². The van der Waals surface area contributed by atoms with E-state index in [2.05, 4.69) is 0 Å². The van der Waals surface area contributed by atoms with Crippen molar-refractivity contribution in [2.24, 2.45) is 0 Å². The topological polar surface area (TPSA) is 92.0 Å². The van der Waals surface area contributed by atoms with Gasteiger partial charge in [0, 0.05) is 11.8 Å². The van der Waals surface area contributed by atoms with Crippen LogP contribution in [0.15, 0.2) is 33.5 Å². The van der Waals surface area contributed by atoms with Gasteiger partial charge in [0.2, 0.25) is 6.10 Å². The van der Waals surface area contributed by atoms with Crippen LogP contribution in [-0.4, -0.2) is 31.8 Å². The summed E-state index contributed by atoms with van der Waals surface area (Å²) in [5, 5.41) is 0.514. The molecular weight excluding hydrogens is 292 g/mol. The Kier molecular flexibility index (Phi) is 3.54. The molecule has 1 atom stereocenters. The van der Waals surface area contributed by atoms with Crippen LogP contribution >= 0.6 is 0 Å². The van der Waals surface area contributed by atoms with E-state index in [4.69, 9.17) is 18.6 Å². The van der Waals surface area contributed by atoms with Gasteiger partial charge >= 0.3 is 17.6 Å². The Labute approximate surface area is 124 Å². The highest BCUT2D eigenvalue weighted by molar-refractivity contribution is 5.95. The lowest BCUT2D eigenvalue weighted by molar-refractivity contribution is -0.145. The van der Waals surface area contributed by atoms with E-state index in [1.54, 1.807) is 18.2 Å². The zero-order valence-electron chi connectivity index (χ0n) is 11.7. The fourth-order valence-electron chi connectivity index (χ4n) is 2.20. The summed E-state index contributed by atoms with van der Waals surface area (Å²) in [7, 11) is 1.45. The third kappa shape index (κ3) is 2.41. The maximum Gasteiger partial charge on any atom is 0.351 e. The quantitative estimate of drug-likeness (QED) is 0.623. The Bertz CT molecular complexity index is 805. The summed E-state index contributed by atoms with van der Waals surface area (Å²) in [6, 6.07) is 6.36. The molecule has 3 rings (SSSR count). The van der Waals surface area contributed by atoms with Crippen LogP contribution in [0, 0.1) is 0 Å². The second-order valence-electron chi connectivity index (χ2n) is 4.68. The van der Waals surface area contributed by atoms with E-state index >= 15 is 0 Å². The number of benzene rings is 1. The molecule has 1 aliphatic rings. The maximum absolute atomic E-state index is 12.0. The van der Waals surface area contributed by atoms with E-state index in [0.29, 0.717) is 11.1 Å². The lowest BCUT2D eigenvalue weighted by Gasteiger charge is -2.08. The number of cyclic esters (lactones) is 1. The first-order chi connectivity index (χ1) is 10.6. The van der Waals surface area contributed by atoms with Crippen LogP contribution < -0.4 is 10.4 Å². The summed E-state index contributed by atoms with van der Waals surface area (Å²) in [6.07, 6.45) is -0.704. The average molecular weight is 304 g/mol. The smallest absolute Gasteiger partial charge is 0.351 e. The monoisotopic (exact) mass is 304 g/mol. The number of ether oxygens (including phenoxy) is 3. The minimum Gasteiger partial charge on any atom is -0.493 e. The Balaban J connectivity index is 1.97. The number of esters is 2. The number of fused-ring (bicyclic) bond motifs is 1. The van der Waals surface area contributed by atoms with Gasteiger partial charge in [-0.05, 0) is 12.1 Å². The van der Waals surface area contributed by atoms with Crippen molar-refractivity contribution < 1.29 is 28.2 Å². The molecule has 7 heteroatoms. The summed E-state index contributed by atoms with van der Waals surface area (Å²) >= 11 is 0. The van der Waals surface area contributed by atoms with Gasteiger partial charge in [0.25, 0.3) is 0 Å². The van der Waals surface area contributed by atoms with Gasteiger partial charge in [-0.2, -0.15) is 0 Å². The molecule has 1 saturated heterocycles. The lowest BCUT2D eigenvalue weighted by Crippen LogP contribution is -2.25. The molecule has 0 aliphatic carbocycles. The third-order valence-corrected chi connectivity index (χ3v) is 3.30. The minimum atomic E-state index is -0.979. The first kappa shape index (κ1) is 14.1. The molecule has 1 unspecified atom stereocenters. The van der Waals surface area contributed by atoms with Crippen molar-refractivity contribution in [1.29, 1.82) is 0 Å². The predicted octanol–water partition coefficient (Wildman–Crippen LogP) is 1.27. The highest BCUT2D eigenvalue weighted by Gasteiger charge is 2.31. The number of hydrogen-bond acceptors (Lipinski definition) is 7. The summed E-state index contributed by atoms with van der Waals surface area (Å²) in [6.45, 7) is 0.195. The summed E-state index contributed by atoms with van der Waals surface area (Å²) in [4.78, 5) is 35.3. The molecule has 0 saturated carbocycles. The Morgan fingerprint density at radius 3 is 2.82 bits per heavy atom. The molecule has 1 aliphatic heterocycles. The van der Waals surface area contributed by atoms with Gasteiger partial charge in [-0.15, -0.1) is 0 Å². The fourth-order valence-corrected chi connectivity index (χ4v) is 2.20. The molecule has 1 aromatic heterocycles. The van der Waals surface area contributed by atoms with Crippen LogP contribution in [0.4, 0.5) is 0 Å². The second-order valence-corrected chi connectivity index (χ2v) is 4.68. The summed E-state index contributed by atoms with van der Waals surface area (Å²) in [5.74, 6) is -1.14. The van der Waals surface area contributed by atoms with Crippen LogP contribution in [0.2, 0.25) is 0 Å². The zero-order chi connectivity index (χ0) is 15.7. The summed E-state index contributed by atoms with van der Waals surface area (Å²) < 4.78 is 19.9. The van der Waals surface area contributed by atoms with Crippen molar-refractivity contribution in [1.82, 2.24) is 0 Å². The predicted molar refractivity (Wildman–Crippen MR) is 73.8 cm³/mol. The number of rotatable bonds is 3. The molecular formula is C15H12O7. The molecule has 1 aromatic carbocycles. The van der Waals surface area contributed by atoms with Crippen LogP contribution in [0.3, 0.4) is 0 Å². The van der Waals surface area contributed by atoms with Crippen molar-refractivity contribution in [3.63, 3.8) is 0 Å². The summed E-state index contributed by atoms with van der Waals surface area (Å²) in [5.41, 5.74) is -0.888. The van der Waals surface area contributed by atoms with E-state index in [1.165, 1.54) is 13.2 Å². The highest BCUT2D eigenvalue weighted by Crippen LogP contribution is 2.24. The van der Waals surface area contributed by atoms with Gasteiger partial charge in [-0.25, -0.2) is 14.4 Å². The molecule has 1 fully saturated rings. The average Bonchev–Trinajstić information content (AvgIpc) is 2.91. The zero-order valence-corrected chi connectivity index (χ0v) is 11.7. The Morgan fingerprint density at radius 1 is 1.32 bits per heavy atom. The lowest BCUT2D eigenvalue weighted by atomic mass is 10.1. The number of para-hydroxylation sites is 1. The van der Waals surface area contributed by atoms with Crippen molar-refractivity contribution in [2.75, 3.05) is 13.7 Å². The molecule has 0 amide bonds. The van der Waals surface area contributed by atoms with Gasteiger partial charge in [-0.3, -0.25) is 0 Å². The molecule has 22 heavy (non-hydrogen) atoms. The van der Waals surface area contributed by atoms with Gasteiger partial charge < -0.3 is 18.6 Å². The largest absolute Gasteiger partial charge is 0.493 e. The first-order valence-electron chi connectivity index (χ1n) is 6.58. The van der Waals surface area contributed by atoms with Crippen LogP contribution in [-0.2, 0) is 14.3 Å². The molecule has 0 bridgehead atoms. The SMILES string of the molecule is COc1cccc2cc(C(=O)OC3CCOC3=O)c(=O)oc12. The second kappa shape index (κ2) is 5.51. The molecule has 0 spiro atoms. The maximum atomic E-state index is 12.0. The van der Waals surface area contributed by atoms with Crippen molar-refractivity contribution in [2.45, 2.75) is 12.5 Å². The first-order valence-corrected chi connectivity index (χ1v) is 6.58. The van der Waals surface area contributed by atoms with Crippen LogP contribution in [0.5, 0.6) is 5.75 Å². The Hall–Kier alpha value is -2.83.